The number of hydrogen-bond donors (Lipinski definition) is 2. The van der Waals surface area contributed by atoms with Crippen LogP contribution >= 0.6 is 0 Å². The van der Waals surface area contributed by atoms with Crippen LogP contribution in [0.4, 0.5) is 13.6 Å². The molecular formula is C16H19F2N3O2. The van der Waals surface area contributed by atoms with E-state index in [1.165, 1.54) is 6.07 Å². The van der Waals surface area contributed by atoms with Crippen molar-refractivity contribution in [3.63, 3.8) is 0 Å². The van der Waals surface area contributed by atoms with Crippen LogP contribution in [0.3, 0.4) is 0 Å². The molecule has 2 N–H and O–H groups in total. The van der Waals surface area contributed by atoms with Crippen molar-refractivity contribution in [1.29, 1.82) is 0 Å². The molecule has 1 aromatic carbocycles. The Morgan fingerprint density at radius 3 is 2.70 bits per heavy atom. The predicted octanol–water partition coefficient (Wildman–Crippen LogP) is 2.09. The lowest BCUT2D eigenvalue weighted by Crippen LogP contribution is -2.44. The highest BCUT2D eigenvalue weighted by molar-refractivity contribution is 5.82. The van der Waals surface area contributed by atoms with E-state index in [2.05, 4.69) is 10.6 Å². The second-order valence-corrected chi connectivity index (χ2v) is 6.19. The lowest BCUT2D eigenvalue weighted by molar-refractivity contribution is -0.128. The first-order chi connectivity index (χ1) is 10.9. The van der Waals surface area contributed by atoms with Crippen molar-refractivity contribution in [3.05, 3.63) is 35.4 Å². The van der Waals surface area contributed by atoms with Crippen molar-refractivity contribution >= 4 is 11.9 Å². The second kappa shape index (κ2) is 6.14. The second-order valence-electron chi connectivity index (χ2n) is 6.19. The van der Waals surface area contributed by atoms with Gasteiger partial charge in [-0.1, -0.05) is 6.07 Å². The van der Waals surface area contributed by atoms with Gasteiger partial charge in [-0.15, -0.1) is 0 Å². The Labute approximate surface area is 133 Å². The molecule has 7 heteroatoms. The quantitative estimate of drug-likeness (QED) is 0.891. The summed E-state index contributed by atoms with van der Waals surface area (Å²) in [5.41, 5.74) is 0.473. The Hall–Kier alpha value is -2.18. The topological polar surface area (TPSA) is 61.4 Å². The van der Waals surface area contributed by atoms with E-state index in [4.69, 9.17) is 0 Å². The van der Waals surface area contributed by atoms with Crippen LogP contribution in [0.2, 0.25) is 0 Å². The Bertz CT molecular complexity index is 634. The van der Waals surface area contributed by atoms with Gasteiger partial charge in [0.05, 0.1) is 12.1 Å². The summed E-state index contributed by atoms with van der Waals surface area (Å²) >= 11 is 0. The molecule has 0 spiro atoms. The van der Waals surface area contributed by atoms with Gasteiger partial charge in [-0.25, -0.2) is 13.6 Å². The van der Waals surface area contributed by atoms with Gasteiger partial charge in [-0.3, -0.25) is 4.79 Å². The van der Waals surface area contributed by atoms with Gasteiger partial charge in [0.15, 0.2) is 11.6 Å². The Morgan fingerprint density at radius 2 is 2.04 bits per heavy atom. The number of nitrogens with zero attached hydrogens (tertiary/aromatic N) is 1. The number of hydrogen-bond acceptors (Lipinski definition) is 2. The third-order valence-corrected chi connectivity index (χ3v) is 4.27. The highest BCUT2D eigenvalue weighted by atomic mass is 19.2. The van der Waals surface area contributed by atoms with Gasteiger partial charge in [0.1, 0.15) is 0 Å². The predicted molar refractivity (Wildman–Crippen MR) is 79.6 cm³/mol. The third kappa shape index (κ3) is 3.60. The maximum atomic E-state index is 13.2. The lowest BCUT2D eigenvalue weighted by atomic mass is 10.1. The maximum Gasteiger partial charge on any atom is 0.315 e. The molecule has 1 heterocycles. The third-order valence-electron chi connectivity index (χ3n) is 4.27. The monoisotopic (exact) mass is 323 g/mol. The average Bonchev–Trinajstić information content (AvgIpc) is 3.26. The van der Waals surface area contributed by atoms with E-state index in [9.17, 15) is 18.4 Å². The zero-order chi connectivity index (χ0) is 16.6. The summed E-state index contributed by atoms with van der Waals surface area (Å²) < 4.78 is 26.2. The highest BCUT2D eigenvalue weighted by Crippen LogP contribution is 2.30. The van der Waals surface area contributed by atoms with Gasteiger partial charge in [0.25, 0.3) is 0 Å². The first-order valence-electron chi connectivity index (χ1n) is 7.75. The van der Waals surface area contributed by atoms with E-state index < -0.39 is 23.7 Å². The van der Waals surface area contributed by atoms with E-state index >= 15 is 0 Å². The fourth-order valence-corrected chi connectivity index (χ4v) is 2.86. The minimum absolute atomic E-state index is 0.0754. The molecule has 2 fully saturated rings. The fourth-order valence-electron chi connectivity index (χ4n) is 2.86. The van der Waals surface area contributed by atoms with Gasteiger partial charge in [-0.05, 0) is 37.5 Å². The van der Waals surface area contributed by atoms with Crippen LogP contribution < -0.4 is 10.6 Å². The molecule has 5 nitrogen and oxygen atoms in total. The Kier molecular flexibility index (Phi) is 4.19. The van der Waals surface area contributed by atoms with Crippen LogP contribution in [0.25, 0.3) is 0 Å². The summed E-state index contributed by atoms with van der Waals surface area (Å²) in [6, 6.07) is 2.77. The van der Waals surface area contributed by atoms with Gasteiger partial charge >= 0.3 is 6.03 Å². The summed E-state index contributed by atoms with van der Waals surface area (Å²) in [6.45, 7) is 2.22. The van der Waals surface area contributed by atoms with E-state index in [0.29, 0.717) is 24.6 Å². The van der Waals surface area contributed by atoms with Gasteiger partial charge in [0, 0.05) is 19.0 Å². The number of likely N-dealkylation sites (tertiary alicyclic amines) is 1. The van der Waals surface area contributed by atoms with Crippen molar-refractivity contribution in [1.82, 2.24) is 15.5 Å². The zero-order valence-electron chi connectivity index (χ0n) is 12.8. The number of carbonyl (C=O) groups excluding carboxylic acids is 2. The number of rotatable bonds is 4. The van der Waals surface area contributed by atoms with Crippen LogP contribution in [-0.2, 0) is 4.79 Å². The smallest absolute Gasteiger partial charge is 0.315 e. The molecule has 2 atom stereocenters. The van der Waals surface area contributed by atoms with Crippen LogP contribution in [0.5, 0.6) is 0 Å². The number of carbonyl (C=O) groups is 2. The molecule has 3 amide bonds. The largest absolute Gasteiger partial charge is 0.338 e. The average molecular weight is 323 g/mol. The molecule has 3 rings (SSSR count). The zero-order valence-corrected chi connectivity index (χ0v) is 12.8. The highest BCUT2D eigenvalue weighted by Gasteiger charge is 2.39. The molecule has 124 valence electrons. The van der Waals surface area contributed by atoms with Crippen LogP contribution in [0.1, 0.15) is 37.8 Å². The fraction of sp³-hybridized carbons (Fsp3) is 0.500. The summed E-state index contributed by atoms with van der Waals surface area (Å²) in [5, 5.41) is 5.44. The molecular weight excluding hydrogens is 304 g/mol. The molecule has 1 aliphatic carbocycles. The first-order valence-corrected chi connectivity index (χ1v) is 7.75. The molecule has 0 radical (unpaired) electrons. The van der Waals surface area contributed by atoms with E-state index in [-0.39, 0.29) is 11.9 Å². The standard InChI is InChI=1S/C16H19F2N3O2/c1-9(10-2-5-13(17)14(18)6-10)19-16(23)20-11-7-15(22)21(8-11)12-3-4-12/h2,5-6,9,11-12H,3-4,7-8H2,1H3,(H2,19,20,23). The molecule has 1 aromatic rings. The van der Waals surface area contributed by atoms with Crippen molar-refractivity contribution in [2.24, 2.45) is 0 Å². The number of amides is 3. The molecule has 23 heavy (non-hydrogen) atoms. The van der Waals surface area contributed by atoms with Gasteiger partial charge in [0.2, 0.25) is 5.91 Å². The van der Waals surface area contributed by atoms with E-state index in [1.54, 1.807) is 6.92 Å². The summed E-state index contributed by atoms with van der Waals surface area (Å²) in [6.07, 6.45) is 2.39. The molecule has 1 aliphatic heterocycles. The van der Waals surface area contributed by atoms with Crippen LogP contribution in [0.15, 0.2) is 18.2 Å². The Morgan fingerprint density at radius 1 is 1.30 bits per heavy atom. The maximum absolute atomic E-state index is 13.2. The SMILES string of the molecule is CC(NC(=O)NC1CC(=O)N(C2CC2)C1)c1ccc(F)c(F)c1. The van der Waals surface area contributed by atoms with Gasteiger partial charge in [-0.2, -0.15) is 0 Å². The number of nitrogens with one attached hydrogen (secondary N) is 2. The van der Waals surface area contributed by atoms with Crippen LogP contribution in [-0.4, -0.2) is 35.5 Å². The number of halogens is 2. The minimum atomic E-state index is -0.946. The molecule has 0 aromatic heterocycles. The Balaban J connectivity index is 1.52. The summed E-state index contributed by atoms with van der Waals surface area (Å²) in [7, 11) is 0. The van der Waals surface area contributed by atoms with Crippen molar-refractivity contribution in [2.45, 2.75) is 44.3 Å². The number of benzene rings is 1. The van der Waals surface area contributed by atoms with Crippen LogP contribution in [0, 0.1) is 11.6 Å². The normalized spacial score (nSPS) is 22.1. The summed E-state index contributed by atoms with van der Waals surface area (Å²) in [5.74, 6) is -1.79. The van der Waals surface area contributed by atoms with Crippen molar-refractivity contribution in [3.8, 4) is 0 Å². The molecule has 1 saturated carbocycles. The minimum Gasteiger partial charge on any atom is -0.338 e. The van der Waals surface area contributed by atoms with E-state index in [0.717, 1.165) is 25.0 Å². The first kappa shape index (κ1) is 15.7. The number of urea groups is 1. The van der Waals surface area contributed by atoms with Crippen molar-refractivity contribution in [2.75, 3.05) is 6.54 Å². The van der Waals surface area contributed by atoms with Gasteiger partial charge < -0.3 is 15.5 Å². The van der Waals surface area contributed by atoms with Crippen molar-refractivity contribution < 1.29 is 18.4 Å². The molecule has 1 saturated heterocycles. The molecule has 2 unspecified atom stereocenters. The molecule has 0 bridgehead atoms. The van der Waals surface area contributed by atoms with E-state index in [1.807, 2.05) is 4.90 Å². The summed E-state index contributed by atoms with van der Waals surface area (Å²) in [4.78, 5) is 25.7. The lowest BCUT2D eigenvalue weighted by Gasteiger charge is -2.19. The molecule has 2 aliphatic rings.